The molecule has 0 unspecified atom stereocenters. The lowest BCUT2D eigenvalue weighted by Gasteiger charge is -2.05. The molecule has 0 saturated carbocycles. The third-order valence-corrected chi connectivity index (χ3v) is 3.73. The molecule has 25 heavy (non-hydrogen) atoms. The van der Waals surface area contributed by atoms with Crippen LogP contribution in [-0.2, 0) is 24.2 Å². The molecule has 0 aliphatic carbocycles. The standard InChI is InChI=1S/C19H20N4O2/c24-9-7-15-6-8-20-18(10-15)22-19(25)11-17-12-21-23(14-17)13-16-4-2-1-3-5-16/h1-6,8,10,12,14,24H,7,9,11,13H2,(H,20,22,25). The predicted octanol–water partition coefficient (Wildman–Crippen LogP) is 2.04. The molecule has 2 aromatic heterocycles. The molecule has 0 fully saturated rings. The van der Waals surface area contributed by atoms with Gasteiger partial charge in [-0.2, -0.15) is 5.10 Å². The van der Waals surface area contributed by atoms with Gasteiger partial charge < -0.3 is 10.4 Å². The molecular weight excluding hydrogens is 316 g/mol. The zero-order valence-corrected chi connectivity index (χ0v) is 13.8. The first-order valence-corrected chi connectivity index (χ1v) is 8.14. The number of nitrogens with one attached hydrogen (secondary N) is 1. The van der Waals surface area contributed by atoms with E-state index in [0.29, 0.717) is 18.8 Å². The van der Waals surface area contributed by atoms with Gasteiger partial charge in [0.05, 0.1) is 19.2 Å². The number of carbonyl (C=O) groups excluding carboxylic acids is 1. The number of amides is 1. The maximum absolute atomic E-state index is 12.2. The molecule has 0 radical (unpaired) electrons. The van der Waals surface area contributed by atoms with Gasteiger partial charge in [-0.3, -0.25) is 9.48 Å². The smallest absolute Gasteiger partial charge is 0.230 e. The monoisotopic (exact) mass is 336 g/mol. The largest absolute Gasteiger partial charge is 0.396 e. The number of rotatable bonds is 7. The van der Waals surface area contributed by atoms with Gasteiger partial charge in [0.2, 0.25) is 5.91 Å². The zero-order valence-electron chi connectivity index (χ0n) is 13.8. The summed E-state index contributed by atoms with van der Waals surface area (Å²) in [6.45, 7) is 0.741. The maximum Gasteiger partial charge on any atom is 0.230 e. The summed E-state index contributed by atoms with van der Waals surface area (Å²) in [6, 6.07) is 13.6. The summed E-state index contributed by atoms with van der Waals surface area (Å²) in [6.07, 6.45) is 5.98. The Morgan fingerprint density at radius 3 is 2.76 bits per heavy atom. The van der Waals surface area contributed by atoms with Crippen LogP contribution < -0.4 is 5.32 Å². The summed E-state index contributed by atoms with van der Waals surface area (Å²) >= 11 is 0. The Morgan fingerprint density at radius 2 is 1.96 bits per heavy atom. The number of hydrogen-bond acceptors (Lipinski definition) is 4. The van der Waals surface area contributed by atoms with Crippen LogP contribution in [0.1, 0.15) is 16.7 Å². The Hall–Kier alpha value is -2.99. The molecule has 0 atom stereocenters. The molecule has 3 aromatic rings. The molecule has 0 bridgehead atoms. The minimum atomic E-state index is -0.145. The third-order valence-electron chi connectivity index (χ3n) is 3.73. The van der Waals surface area contributed by atoms with Crippen LogP contribution in [-0.4, -0.2) is 32.4 Å². The van der Waals surface area contributed by atoms with Crippen LogP contribution in [0.3, 0.4) is 0 Å². The van der Waals surface area contributed by atoms with Crippen LogP contribution in [0, 0.1) is 0 Å². The minimum absolute atomic E-state index is 0.0675. The van der Waals surface area contributed by atoms with Gasteiger partial charge in [0.15, 0.2) is 0 Å². The highest BCUT2D eigenvalue weighted by molar-refractivity contribution is 5.91. The number of aliphatic hydroxyl groups excluding tert-OH is 1. The molecule has 1 amide bonds. The van der Waals surface area contributed by atoms with Crippen molar-refractivity contribution in [3.8, 4) is 0 Å². The Kier molecular flexibility index (Phi) is 5.53. The number of benzene rings is 1. The van der Waals surface area contributed by atoms with Crippen molar-refractivity contribution in [2.75, 3.05) is 11.9 Å². The van der Waals surface area contributed by atoms with Gasteiger partial charge in [0, 0.05) is 19.0 Å². The van der Waals surface area contributed by atoms with Crippen LogP contribution in [0.25, 0.3) is 0 Å². The lowest BCUT2D eigenvalue weighted by atomic mass is 10.2. The van der Waals surface area contributed by atoms with E-state index in [2.05, 4.69) is 15.4 Å². The third kappa shape index (κ3) is 4.99. The first-order valence-electron chi connectivity index (χ1n) is 8.14. The fourth-order valence-corrected chi connectivity index (χ4v) is 2.55. The number of carbonyl (C=O) groups is 1. The quantitative estimate of drug-likeness (QED) is 0.692. The lowest BCUT2D eigenvalue weighted by Crippen LogP contribution is -2.15. The second-order valence-electron chi connectivity index (χ2n) is 5.78. The highest BCUT2D eigenvalue weighted by atomic mass is 16.3. The number of pyridine rings is 1. The fraction of sp³-hybridized carbons (Fsp3) is 0.211. The fourth-order valence-electron chi connectivity index (χ4n) is 2.55. The molecule has 0 saturated heterocycles. The molecule has 0 spiro atoms. The number of hydrogen-bond donors (Lipinski definition) is 2. The van der Waals surface area contributed by atoms with Gasteiger partial charge in [-0.25, -0.2) is 4.98 Å². The van der Waals surface area contributed by atoms with Crippen molar-refractivity contribution in [3.63, 3.8) is 0 Å². The van der Waals surface area contributed by atoms with Gasteiger partial charge in [0.25, 0.3) is 0 Å². The second kappa shape index (κ2) is 8.21. The van der Waals surface area contributed by atoms with E-state index in [4.69, 9.17) is 5.11 Å². The molecule has 6 heteroatoms. The Labute approximate surface area is 146 Å². The van der Waals surface area contributed by atoms with E-state index in [-0.39, 0.29) is 18.9 Å². The first-order chi connectivity index (χ1) is 12.2. The molecule has 3 rings (SSSR count). The van der Waals surface area contributed by atoms with Crippen LogP contribution in [0.2, 0.25) is 0 Å². The predicted molar refractivity (Wildman–Crippen MR) is 95.1 cm³/mol. The van der Waals surface area contributed by atoms with Crippen molar-refractivity contribution in [1.82, 2.24) is 14.8 Å². The first kappa shape index (κ1) is 16.9. The summed E-state index contributed by atoms with van der Waals surface area (Å²) < 4.78 is 1.82. The molecule has 1 aromatic carbocycles. The number of anilines is 1. The Balaban J connectivity index is 1.57. The Bertz CT molecular complexity index is 830. The highest BCUT2D eigenvalue weighted by Gasteiger charge is 2.08. The molecule has 6 nitrogen and oxygen atoms in total. The second-order valence-corrected chi connectivity index (χ2v) is 5.78. The van der Waals surface area contributed by atoms with E-state index in [9.17, 15) is 4.79 Å². The molecule has 0 aliphatic heterocycles. The van der Waals surface area contributed by atoms with Crippen LogP contribution in [0.5, 0.6) is 0 Å². The lowest BCUT2D eigenvalue weighted by molar-refractivity contribution is -0.115. The van der Waals surface area contributed by atoms with Crippen molar-refractivity contribution < 1.29 is 9.90 Å². The van der Waals surface area contributed by atoms with Crippen molar-refractivity contribution >= 4 is 11.7 Å². The summed E-state index contributed by atoms with van der Waals surface area (Å²) in [4.78, 5) is 16.3. The zero-order chi connectivity index (χ0) is 17.5. The van der Waals surface area contributed by atoms with Crippen molar-refractivity contribution in [2.24, 2.45) is 0 Å². The van der Waals surface area contributed by atoms with E-state index in [0.717, 1.165) is 16.7 Å². The Morgan fingerprint density at radius 1 is 1.12 bits per heavy atom. The van der Waals surface area contributed by atoms with Crippen LogP contribution in [0.4, 0.5) is 5.82 Å². The normalized spacial score (nSPS) is 10.6. The highest BCUT2D eigenvalue weighted by Crippen LogP contribution is 2.09. The van der Waals surface area contributed by atoms with E-state index in [1.54, 1.807) is 18.5 Å². The maximum atomic E-state index is 12.2. The van der Waals surface area contributed by atoms with Crippen LogP contribution >= 0.6 is 0 Å². The molecular formula is C19H20N4O2. The van der Waals surface area contributed by atoms with E-state index in [1.807, 2.05) is 47.3 Å². The van der Waals surface area contributed by atoms with Gasteiger partial charge in [-0.1, -0.05) is 30.3 Å². The van der Waals surface area contributed by atoms with Gasteiger partial charge in [0.1, 0.15) is 5.82 Å². The summed E-state index contributed by atoms with van der Waals surface area (Å²) in [5.74, 6) is 0.348. The number of aliphatic hydroxyl groups is 1. The minimum Gasteiger partial charge on any atom is -0.396 e. The molecule has 2 N–H and O–H groups in total. The van der Waals surface area contributed by atoms with Gasteiger partial charge in [-0.05, 0) is 35.2 Å². The van der Waals surface area contributed by atoms with Crippen molar-refractivity contribution in [2.45, 2.75) is 19.4 Å². The van der Waals surface area contributed by atoms with E-state index in [1.165, 1.54) is 0 Å². The molecule has 2 heterocycles. The van der Waals surface area contributed by atoms with Crippen LogP contribution in [0.15, 0.2) is 61.1 Å². The van der Waals surface area contributed by atoms with Crippen molar-refractivity contribution in [1.29, 1.82) is 0 Å². The summed E-state index contributed by atoms with van der Waals surface area (Å²) in [5, 5.41) is 16.1. The summed E-state index contributed by atoms with van der Waals surface area (Å²) in [5.41, 5.74) is 2.94. The van der Waals surface area contributed by atoms with E-state index < -0.39 is 0 Å². The average molecular weight is 336 g/mol. The van der Waals surface area contributed by atoms with Crippen molar-refractivity contribution in [3.05, 3.63) is 77.7 Å². The number of aromatic nitrogens is 3. The van der Waals surface area contributed by atoms with E-state index >= 15 is 0 Å². The number of nitrogens with zero attached hydrogens (tertiary/aromatic N) is 3. The van der Waals surface area contributed by atoms with Gasteiger partial charge >= 0.3 is 0 Å². The SMILES string of the molecule is O=C(Cc1cnn(Cc2ccccc2)c1)Nc1cc(CCO)ccn1. The topological polar surface area (TPSA) is 80.0 Å². The average Bonchev–Trinajstić information content (AvgIpc) is 3.03. The summed E-state index contributed by atoms with van der Waals surface area (Å²) in [7, 11) is 0. The molecule has 128 valence electrons. The van der Waals surface area contributed by atoms with Gasteiger partial charge in [-0.15, -0.1) is 0 Å². The molecule has 0 aliphatic rings.